The Morgan fingerprint density at radius 3 is 2.74 bits per heavy atom. The molecule has 0 N–H and O–H groups in total. The number of aromatic nitrogens is 6. The summed E-state index contributed by atoms with van der Waals surface area (Å²) in [6.07, 6.45) is 5.15. The van der Waals surface area contributed by atoms with E-state index in [0.29, 0.717) is 17.0 Å². The van der Waals surface area contributed by atoms with Crippen molar-refractivity contribution in [3.05, 3.63) is 84.6 Å². The minimum absolute atomic E-state index is 0.201. The molecule has 2 aromatic carbocycles. The fourth-order valence-electron chi connectivity index (χ4n) is 3.27. The molecule has 1 atom stereocenters. The van der Waals surface area contributed by atoms with Crippen molar-refractivity contribution in [2.75, 3.05) is 0 Å². The van der Waals surface area contributed by atoms with Gasteiger partial charge < -0.3 is 0 Å². The molecule has 0 spiro atoms. The Morgan fingerprint density at radius 2 is 1.89 bits per heavy atom. The fraction of sp³-hybridized carbons (Fsp3) is 0.100. The van der Waals surface area contributed by atoms with E-state index in [9.17, 15) is 4.39 Å². The summed E-state index contributed by atoms with van der Waals surface area (Å²) in [4.78, 5) is 13.4. The number of fused-ring (bicyclic) bond motifs is 2. The highest BCUT2D eigenvalue weighted by atomic mass is 19.1. The smallest absolute Gasteiger partial charge is 0.171 e. The van der Waals surface area contributed by atoms with Crippen molar-refractivity contribution in [2.45, 2.75) is 12.8 Å². The minimum Gasteiger partial charge on any atom is -0.296 e. The molecule has 27 heavy (non-hydrogen) atoms. The van der Waals surface area contributed by atoms with Crippen LogP contribution in [0.5, 0.6) is 0 Å². The van der Waals surface area contributed by atoms with Gasteiger partial charge in [0.05, 0.1) is 23.1 Å². The quantitative estimate of drug-likeness (QED) is 0.493. The molecule has 5 aromatic rings. The zero-order valence-electron chi connectivity index (χ0n) is 14.5. The maximum absolute atomic E-state index is 13.9. The molecule has 3 heterocycles. The molecular formula is C20H15FN6. The van der Waals surface area contributed by atoms with E-state index in [4.69, 9.17) is 4.98 Å². The molecule has 3 aromatic heterocycles. The third kappa shape index (κ3) is 2.55. The molecule has 0 saturated carbocycles. The second-order valence-corrected chi connectivity index (χ2v) is 6.34. The number of hydrogen-bond donors (Lipinski definition) is 0. The normalized spacial score (nSPS) is 12.7. The molecule has 0 fully saturated rings. The van der Waals surface area contributed by atoms with Gasteiger partial charge in [-0.2, -0.15) is 5.10 Å². The highest BCUT2D eigenvalue weighted by Gasteiger charge is 2.22. The van der Waals surface area contributed by atoms with Crippen molar-refractivity contribution in [3.63, 3.8) is 0 Å². The Kier molecular flexibility index (Phi) is 3.46. The molecule has 6 nitrogen and oxygen atoms in total. The second-order valence-electron chi connectivity index (χ2n) is 6.34. The van der Waals surface area contributed by atoms with Crippen molar-refractivity contribution in [1.29, 1.82) is 0 Å². The average molecular weight is 358 g/mol. The van der Waals surface area contributed by atoms with Crippen molar-refractivity contribution in [1.82, 2.24) is 29.1 Å². The van der Waals surface area contributed by atoms with E-state index in [1.165, 1.54) is 12.1 Å². The molecule has 0 bridgehead atoms. The van der Waals surface area contributed by atoms with Crippen molar-refractivity contribution >= 4 is 16.7 Å². The maximum Gasteiger partial charge on any atom is 0.171 e. The van der Waals surface area contributed by atoms with Gasteiger partial charge in [-0.3, -0.25) is 4.57 Å². The van der Waals surface area contributed by atoms with Gasteiger partial charge in [-0.1, -0.05) is 18.2 Å². The molecule has 0 unspecified atom stereocenters. The monoisotopic (exact) mass is 358 g/mol. The van der Waals surface area contributed by atoms with E-state index < -0.39 is 0 Å². The van der Waals surface area contributed by atoms with E-state index in [1.807, 2.05) is 41.8 Å². The van der Waals surface area contributed by atoms with Gasteiger partial charge >= 0.3 is 0 Å². The molecule has 132 valence electrons. The lowest BCUT2D eigenvalue weighted by Crippen LogP contribution is -2.11. The number of halogens is 1. The lowest BCUT2D eigenvalue weighted by Gasteiger charge is -2.14. The Morgan fingerprint density at radius 1 is 1.04 bits per heavy atom. The van der Waals surface area contributed by atoms with Crippen LogP contribution in [0.3, 0.4) is 0 Å². The third-order valence-electron chi connectivity index (χ3n) is 4.60. The molecule has 0 aliphatic rings. The van der Waals surface area contributed by atoms with Crippen molar-refractivity contribution in [2.24, 2.45) is 0 Å². The van der Waals surface area contributed by atoms with Crippen LogP contribution >= 0.6 is 0 Å². The Bertz CT molecular complexity index is 1260. The predicted octanol–water partition coefficient (Wildman–Crippen LogP) is 3.75. The summed E-state index contributed by atoms with van der Waals surface area (Å²) < 4.78 is 17.6. The standard InChI is InChI=1S/C20H15FN6/c1-13(19-23-12-18-22-9-10-26(18)25-19)20-24-16-8-7-14(21)11-17(16)27(20)15-5-3-2-4-6-15/h2-13H,1H3/t13-/m1/s1. The summed E-state index contributed by atoms with van der Waals surface area (Å²) >= 11 is 0. The molecule has 0 aliphatic carbocycles. The predicted molar refractivity (Wildman–Crippen MR) is 99.3 cm³/mol. The van der Waals surface area contributed by atoms with Crippen molar-refractivity contribution < 1.29 is 4.39 Å². The zero-order valence-corrected chi connectivity index (χ0v) is 14.5. The number of imidazole rings is 2. The molecule has 0 saturated heterocycles. The summed E-state index contributed by atoms with van der Waals surface area (Å²) in [5.41, 5.74) is 3.04. The van der Waals surface area contributed by atoms with Crippen LogP contribution in [0.15, 0.2) is 67.1 Å². The summed E-state index contributed by atoms with van der Waals surface area (Å²) in [6, 6.07) is 14.4. The van der Waals surface area contributed by atoms with Crippen LogP contribution in [0.2, 0.25) is 0 Å². The first-order chi connectivity index (χ1) is 13.2. The summed E-state index contributed by atoms with van der Waals surface area (Å²) in [7, 11) is 0. The SMILES string of the molecule is C[C@H](c1ncc2nccn2n1)c1nc2ccc(F)cc2n1-c1ccccc1. The second kappa shape index (κ2) is 5.98. The number of nitrogens with zero attached hydrogens (tertiary/aromatic N) is 6. The van der Waals surface area contributed by atoms with Crippen LogP contribution in [0, 0.1) is 5.82 Å². The summed E-state index contributed by atoms with van der Waals surface area (Å²) in [5.74, 6) is 0.872. The molecule has 0 aliphatic heterocycles. The minimum atomic E-state index is -0.296. The number of para-hydroxylation sites is 1. The van der Waals surface area contributed by atoms with Gasteiger partial charge in [0.15, 0.2) is 11.5 Å². The fourth-order valence-corrected chi connectivity index (χ4v) is 3.27. The molecule has 0 amide bonds. The van der Waals surface area contributed by atoms with Crippen LogP contribution in [0.25, 0.3) is 22.4 Å². The lowest BCUT2D eigenvalue weighted by molar-refractivity contribution is 0.629. The first-order valence-corrected chi connectivity index (χ1v) is 8.60. The van der Waals surface area contributed by atoms with Gasteiger partial charge in [0, 0.05) is 24.1 Å². The Balaban J connectivity index is 1.74. The number of rotatable bonds is 3. The Labute approximate surface area is 154 Å². The van der Waals surface area contributed by atoms with Gasteiger partial charge in [-0.05, 0) is 31.2 Å². The van der Waals surface area contributed by atoms with Gasteiger partial charge in [0.2, 0.25) is 0 Å². The van der Waals surface area contributed by atoms with Gasteiger partial charge in [-0.25, -0.2) is 23.9 Å². The molecular weight excluding hydrogens is 343 g/mol. The van der Waals surface area contributed by atoms with E-state index >= 15 is 0 Å². The average Bonchev–Trinajstić information content (AvgIpc) is 3.31. The molecule has 5 rings (SSSR count). The van der Waals surface area contributed by atoms with E-state index in [1.54, 1.807) is 29.2 Å². The summed E-state index contributed by atoms with van der Waals surface area (Å²) in [6.45, 7) is 2.00. The largest absolute Gasteiger partial charge is 0.296 e. The van der Waals surface area contributed by atoms with Gasteiger partial charge in [0.1, 0.15) is 11.6 Å². The highest BCUT2D eigenvalue weighted by molar-refractivity contribution is 5.78. The zero-order chi connectivity index (χ0) is 18.4. The maximum atomic E-state index is 13.9. The van der Waals surface area contributed by atoms with Crippen LogP contribution in [-0.2, 0) is 0 Å². The lowest BCUT2D eigenvalue weighted by atomic mass is 10.1. The third-order valence-corrected chi connectivity index (χ3v) is 4.60. The first kappa shape index (κ1) is 15.6. The van der Waals surface area contributed by atoms with Crippen molar-refractivity contribution in [3.8, 4) is 5.69 Å². The number of benzene rings is 2. The van der Waals surface area contributed by atoms with Gasteiger partial charge in [-0.15, -0.1) is 0 Å². The van der Waals surface area contributed by atoms with E-state index in [2.05, 4.69) is 15.1 Å². The topological polar surface area (TPSA) is 60.9 Å². The Hall–Kier alpha value is -3.61. The molecule has 7 heteroatoms. The van der Waals surface area contributed by atoms with Crippen LogP contribution < -0.4 is 0 Å². The van der Waals surface area contributed by atoms with Crippen LogP contribution in [-0.4, -0.2) is 29.1 Å². The van der Waals surface area contributed by atoms with E-state index in [0.717, 1.165) is 17.0 Å². The summed E-state index contributed by atoms with van der Waals surface area (Å²) in [5, 5.41) is 4.55. The van der Waals surface area contributed by atoms with E-state index in [-0.39, 0.29) is 11.7 Å². The van der Waals surface area contributed by atoms with Crippen LogP contribution in [0.4, 0.5) is 4.39 Å². The van der Waals surface area contributed by atoms with Crippen LogP contribution in [0.1, 0.15) is 24.5 Å². The number of hydrogen-bond acceptors (Lipinski definition) is 4. The molecule has 0 radical (unpaired) electrons. The van der Waals surface area contributed by atoms with Gasteiger partial charge in [0.25, 0.3) is 0 Å². The highest BCUT2D eigenvalue weighted by Crippen LogP contribution is 2.29. The first-order valence-electron chi connectivity index (χ1n) is 8.60.